The minimum atomic E-state index is -0.468. The van der Waals surface area contributed by atoms with Crippen molar-refractivity contribution in [2.45, 2.75) is 0 Å². The van der Waals surface area contributed by atoms with Crippen molar-refractivity contribution in [2.75, 3.05) is 0 Å². The first-order valence-electron chi connectivity index (χ1n) is 2.95. The largest absolute Gasteiger partial charge is 0.385 e. The molecule has 1 rings (SSSR count). The van der Waals surface area contributed by atoms with Gasteiger partial charge in [0.05, 0.1) is 11.6 Å². The van der Waals surface area contributed by atoms with E-state index in [0.717, 1.165) is 6.07 Å². The molecule has 1 aromatic carbocycles. The predicted molar refractivity (Wildman–Crippen MR) is 36.5 cm³/mol. The molecule has 0 heterocycles. The molecule has 0 aliphatic heterocycles. The van der Waals surface area contributed by atoms with Crippen LogP contribution in [0, 0.1) is 23.8 Å². The fourth-order valence-corrected chi connectivity index (χ4v) is 0.742. The topological polar surface area (TPSA) is 44.0 Å². The molecule has 0 aliphatic rings. The molecular formula is C8H5FNO. The maximum atomic E-state index is 12.4. The van der Waals surface area contributed by atoms with Crippen LogP contribution >= 0.6 is 0 Å². The van der Waals surface area contributed by atoms with E-state index in [4.69, 9.17) is 10.4 Å². The van der Waals surface area contributed by atoms with Crippen LogP contribution < -0.4 is 0 Å². The van der Waals surface area contributed by atoms with Crippen LogP contribution in [0.25, 0.3) is 0 Å². The fourth-order valence-electron chi connectivity index (χ4n) is 0.742. The van der Waals surface area contributed by atoms with Gasteiger partial charge >= 0.3 is 0 Å². The highest BCUT2D eigenvalue weighted by molar-refractivity contribution is 5.40. The molecule has 0 bridgehead atoms. The lowest BCUT2D eigenvalue weighted by Crippen LogP contribution is -1.88. The van der Waals surface area contributed by atoms with E-state index in [-0.39, 0.29) is 11.1 Å². The third kappa shape index (κ3) is 1.54. The highest BCUT2D eigenvalue weighted by Crippen LogP contribution is 2.10. The molecule has 1 aromatic rings. The van der Waals surface area contributed by atoms with Crippen LogP contribution in [0.2, 0.25) is 0 Å². The van der Waals surface area contributed by atoms with Gasteiger partial charge in [0.1, 0.15) is 12.4 Å². The summed E-state index contributed by atoms with van der Waals surface area (Å²) in [5.41, 5.74) is 0.460. The van der Waals surface area contributed by atoms with E-state index in [0.29, 0.717) is 6.61 Å². The summed E-state index contributed by atoms with van der Waals surface area (Å²) in [6.07, 6.45) is 0. The van der Waals surface area contributed by atoms with E-state index in [2.05, 4.69) is 0 Å². The van der Waals surface area contributed by atoms with Crippen LogP contribution in [0.5, 0.6) is 0 Å². The van der Waals surface area contributed by atoms with Gasteiger partial charge in [-0.2, -0.15) is 5.26 Å². The number of benzene rings is 1. The first-order valence-corrected chi connectivity index (χ1v) is 2.95. The number of nitriles is 1. The second-order valence-electron chi connectivity index (χ2n) is 1.97. The van der Waals surface area contributed by atoms with Crippen LogP contribution in [0.4, 0.5) is 4.39 Å². The highest BCUT2D eigenvalue weighted by atomic mass is 19.1. The molecule has 3 heteroatoms. The number of hydrogen-bond donors (Lipinski definition) is 1. The summed E-state index contributed by atoms with van der Waals surface area (Å²) in [5.74, 6) is -0.468. The summed E-state index contributed by atoms with van der Waals surface area (Å²) in [4.78, 5) is 0. The number of aliphatic hydroxyl groups excluding tert-OH is 1. The van der Waals surface area contributed by atoms with Gasteiger partial charge in [0.2, 0.25) is 0 Å². The molecule has 0 fully saturated rings. The average Bonchev–Trinajstić information content (AvgIpc) is 2.04. The lowest BCUT2D eigenvalue weighted by molar-refractivity contribution is 0.413. The fraction of sp³-hybridized carbons (Fsp3) is 0. The quantitative estimate of drug-likeness (QED) is 0.660. The van der Waals surface area contributed by atoms with Crippen molar-refractivity contribution < 1.29 is 9.50 Å². The van der Waals surface area contributed by atoms with Crippen LogP contribution in [0.1, 0.15) is 11.1 Å². The van der Waals surface area contributed by atoms with Gasteiger partial charge in [-0.3, -0.25) is 0 Å². The van der Waals surface area contributed by atoms with Crippen molar-refractivity contribution in [1.29, 1.82) is 5.26 Å². The molecule has 2 nitrogen and oxygen atoms in total. The maximum Gasteiger partial charge on any atom is 0.123 e. The first kappa shape index (κ1) is 7.70. The summed E-state index contributed by atoms with van der Waals surface area (Å²) in [5, 5.41) is 17.0. The lowest BCUT2D eigenvalue weighted by atomic mass is 10.1. The van der Waals surface area contributed by atoms with Crippen LogP contribution in [0.3, 0.4) is 0 Å². The molecule has 0 aromatic heterocycles. The second-order valence-corrected chi connectivity index (χ2v) is 1.97. The number of rotatable bonds is 1. The monoisotopic (exact) mass is 150 g/mol. The third-order valence-corrected chi connectivity index (χ3v) is 1.27. The Morgan fingerprint density at radius 3 is 2.82 bits per heavy atom. The molecule has 1 radical (unpaired) electrons. The highest BCUT2D eigenvalue weighted by Gasteiger charge is 2.01. The molecule has 0 amide bonds. The van der Waals surface area contributed by atoms with Crippen molar-refractivity contribution >= 4 is 0 Å². The standard InChI is InChI=1S/C8H5FNO/c9-8-2-1-6(4-10)7(3-8)5-11/h1-3,5,11H. The molecule has 0 atom stereocenters. The Morgan fingerprint density at radius 1 is 1.55 bits per heavy atom. The van der Waals surface area contributed by atoms with E-state index in [9.17, 15) is 4.39 Å². The molecule has 1 N–H and O–H groups in total. The average molecular weight is 150 g/mol. The van der Waals surface area contributed by atoms with Crippen molar-refractivity contribution in [3.05, 3.63) is 41.8 Å². The van der Waals surface area contributed by atoms with Gasteiger partial charge in [-0.25, -0.2) is 4.39 Å². The van der Waals surface area contributed by atoms with Crippen molar-refractivity contribution in [2.24, 2.45) is 0 Å². The zero-order valence-electron chi connectivity index (χ0n) is 5.58. The Bertz CT molecular complexity index is 303. The molecule has 0 aliphatic carbocycles. The predicted octanol–water partition coefficient (Wildman–Crippen LogP) is 1.58. The van der Waals surface area contributed by atoms with Crippen LogP contribution in [-0.4, -0.2) is 5.11 Å². The van der Waals surface area contributed by atoms with Gasteiger partial charge in [0, 0.05) is 5.56 Å². The van der Waals surface area contributed by atoms with Gasteiger partial charge in [-0.05, 0) is 18.2 Å². The Morgan fingerprint density at radius 2 is 2.27 bits per heavy atom. The van der Waals surface area contributed by atoms with Crippen molar-refractivity contribution in [1.82, 2.24) is 0 Å². The Kier molecular flexibility index (Phi) is 2.19. The first-order chi connectivity index (χ1) is 5.27. The van der Waals surface area contributed by atoms with E-state index in [1.54, 1.807) is 0 Å². The smallest absolute Gasteiger partial charge is 0.123 e. The molecular weight excluding hydrogens is 145 g/mol. The second kappa shape index (κ2) is 3.13. The molecule has 0 spiro atoms. The lowest BCUT2D eigenvalue weighted by Gasteiger charge is -1.96. The molecule has 0 saturated carbocycles. The summed E-state index contributed by atoms with van der Waals surface area (Å²) >= 11 is 0. The molecule has 11 heavy (non-hydrogen) atoms. The van der Waals surface area contributed by atoms with Crippen LogP contribution in [-0.2, 0) is 0 Å². The van der Waals surface area contributed by atoms with Gasteiger partial charge in [-0.15, -0.1) is 0 Å². The number of aliphatic hydroxyl groups is 1. The van der Waals surface area contributed by atoms with Gasteiger partial charge < -0.3 is 5.11 Å². The number of nitrogens with zero attached hydrogens (tertiary/aromatic N) is 1. The number of hydrogen-bond acceptors (Lipinski definition) is 2. The Hall–Kier alpha value is -1.40. The van der Waals surface area contributed by atoms with Crippen LogP contribution in [0.15, 0.2) is 18.2 Å². The minimum Gasteiger partial charge on any atom is -0.385 e. The minimum absolute atomic E-state index is 0.201. The van der Waals surface area contributed by atoms with Crippen molar-refractivity contribution in [3.8, 4) is 6.07 Å². The molecule has 0 unspecified atom stereocenters. The normalized spacial score (nSPS) is 9.18. The summed E-state index contributed by atoms with van der Waals surface area (Å²) in [6.45, 7) is 0.710. The Labute approximate surface area is 63.5 Å². The third-order valence-electron chi connectivity index (χ3n) is 1.27. The number of halogens is 1. The molecule has 55 valence electrons. The SMILES string of the molecule is N#Cc1ccc(F)cc1[CH]O. The van der Waals surface area contributed by atoms with E-state index in [1.807, 2.05) is 6.07 Å². The summed E-state index contributed by atoms with van der Waals surface area (Å²) in [6, 6.07) is 5.40. The van der Waals surface area contributed by atoms with E-state index < -0.39 is 5.82 Å². The Balaban J connectivity index is 3.19. The van der Waals surface area contributed by atoms with Gasteiger partial charge in [-0.1, -0.05) is 0 Å². The van der Waals surface area contributed by atoms with E-state index in [1.165, 1.54) is 12.1 Å². The van der Waals surface area contributed by atoms with E-state index >= 15 is 0 Å². The van der Waals surface area contributed by atoms with Crippen molar-refractivity contribution in [3.63, 3.8) is 0 Å². The summed E-state index contributed by atoms with van der Waals surface area (Å²) in [7, 11) is 0. The zero-order valence-corrected chi connectivity index (χ0v) is 5.58. The van der Waals surface area contributed by atoms with Gasteiger partial charge in [0.15, 0.2) is 0 Å². The maximum absolute atomic E-state index is 12.4. The zero-order chi connectivity index (χ0) is 8.27. The summed E-state index contributed by atoms with van der Waals surface area (Å²) < 4.78 is 12.4. The van der Waals surface area contributed by atoms with Gasteiger partial charge in [0.25, 0.3) is 0 Å². The molecule has 0 saturated heterocycles.